The van der Waals surface area contributed by atoms with E-state index in [0.29, 0.717) is 0 Å². The maximum Gasteiger partial charge on any atom is 0.527 e. The molecule has 0 amide bonds. The second-order valence-corrected chi connectivity index (χ2v) is 8.09. The summed E-state index contributed by atoms with van der Waals surface area (Å²) in [5, 5.41) is 10.7. The van der Waals surface area contributed by atoms with Crippen molar-refractivity contribution in [2.75, 3.05) is 5.88 Å². The zero-order valence-corrected chi connectivity index (χ0v) is 17.1. The van der Waals surface area contributed by atoms with Gasteiger partial charge in [0.15, 0.2) is 0 Å². The predicted molar refractivity (Wildman–Crippen MR) is 104 cm³/mol. The number of benzene rings is 1. The molecule has 0 spiro atoms. The van der Waals surface area contributed by atoms with Crippen LogP contribution < -0.4 is 15.8 Å². The summed E-state index contributed by atoms with van der Waals surface area (Å²) in [5.41, 5.74) is -1.18. The summed E-state index contributed by atoms with van der Waals surface area (Å²) in [7, 11) is -4.65. The van der Waals surface area contributed by atoms with E-state index in [9.17, 15) is 29.2 Å². The summed E-state index contributed by atoms with van der Waals surface area (Å²) in [6.45, 7) is 1.51. The number of halogens is 1. The van der Waals surface area contributed by atoms with Crippen molar-refractivity contribution >= 4 is 25.1 Å². The van der Waals surface area contributed by atoms with E-state index in [1.54, 1.807) is 0 Å². The molecule has 2 aromatic rings. The van der Waals surface area contributed by atoms with Gasteiger partial charge in [-0.2, -0.15) is 0 Å². The third-order valence-electron chi connectivity index (χ3n) is 4.33. The number of hydrogen-bond donors (Lipinski definition) is 2. The predicted octanol–water partition coefficient (Wildman–Crippen LogP) is 1.84. The molecule has 162 valence electrons. The Kier molecular flexibility index (Phi) is 6.44. The molecule has 1 fully saturated rings. The molecule has 1 aliphatic heterocycles. The first-order valence-electron chi connectivity index (χ1n) is 8.58. The van der Waals surface area contributed by atoms with Crippen LogP contribution in [0.2, 0.25) is 0 Å². The molecule has 1 aromatic carbocycles. The van der Waals surface area contributed by atoms with Crippen LogP contribution >= 0.6 is 19.4 Å². The zero-order valence-electron chi connectivity index (χ0n) is 15.5. The van der Waals surface area contributed by atoms with E-state index in [-0.39, 0.29) is 29.3 Å². The molecular formula is C16H17ClN3O9P. The molecular weight excluding hydrogens is 445 g/mol. The second-order valence-electron chi connectivity index (χ2n) is 6.45. The quantitative estimate of drug-likeness (QED) is 0.271. The van der Waals surface area contributed by atoms with Crippen molar-refractivity contribution < 1.29 is 28.2 Å². The van der Waals surface area contributed by atoms with Gasteiger partial charge in [0.1, 0.15) is 24.2 Å². The van der Waals surface area contributed by atoms with E-state index >= 15 is 0 Å². The van der Waals surface area contributed by atoms with E-state index in [0.717, 1.165) is 28.8 Å². The Hall–Kier alpha value is -2.50. The molecule has 0 saturated carbocycles. The van der Waals surface area contributed by atoms with Crippen molar-refractivity contribution in [1.82, 2.24) is 9.55 Å². The fourth-order valence-electron chi connectivity index (χ4n) is 2.88. The number of alkyl halides is 1. The van der Waals surface area contributed by atoms with E-state index in [1.165, 1.54) is 13.1 Å². The first-order valence-corrected chi connectivity index (χ1v) is 10.6. The number of ether oxygens (including phenoxy) is 1. The molecule has 14 heteroatoms. The van der Waals surface area contributed by atoms with E-state index < -0.39 is 42.4 Å². The monoisotopic (exact) mass is 461 g/mol. The third kappa shape index (κ3) is 4.97. The summed E-state index contributed by atoms with van der Waals surface area (Å²) < 4.78 is 29.3. The maximum atomic E-state index is 12.4. The second kappa shape index (κ2) is 8.70. The van der Waals surface area contributed by atoms with Crippen molar-refractivity contribution in [2.24, 2.45) is 0 Å². The molecule has 3 rings (SSSR count). The largest absolute Gasteiger partial charge is 0.527 e. The van der Waals surface area contributed by atoms with Crippen LogP contribution in [0.1, 0.15) is 18.2 Å². The number of phosphoric ester groups is 1. The van der Waals surface area contributed by atoms with Gasteiger partial charge in [0, 0.05) is 30.3 Å². The minimum Gasteiger partial charge on any atom is -0.404 e. The lowest BCUT2D eigenvalue weighted by molar-refractivity contribution is -0.384. The van der Waals surface area contributed by atoms with Gasteiger partial charge in [-0.3, -0.25) is 33.9 Å². The van der Waals surface area contributed by atoms with Gasteiger partial charge in [-0.25, -0.2) is 9.36 Å². The summed E-state index contributed by atoms with van der Waals surface area (Å²) in [5.74, 6) is -0.215. The lowest BCUT2D eigenvalue weighted by atomic mass is 10.2. The van der Waals surface area contributed by atoms with Crippen LogP contribution in [0.25, 0.3) is 0 Å². The number of phosphoric acid groups is 1. The first kappa shape index (κ1) is 22.2. The highest BCUT2D eigenvalue weighted by Crippen LogP contribution is 2.48. The summed E-state index contributed by atoms with van der Waals surface area (Å²) >= 11 is 5.86. The van der Waals surface area contributed by atoms with Gasteiger partial charge in [-0.1, -0.05) is 0 Å². The maximum absolute atomic E-state index is 12.4. The average molecular weight is 462 g/mol. The number of hydrogen-bond acceptors (Lipinski definition) is 8. The van der Waals surface area contributed by atoms with Crippen LogP contribution in [0.4, 0.5) is 5.69 Å². The lowest BCUT2D eigenvalue weighted by Crippen LogP contribution is -2.33. The molecule has 30 heavy (non-hydrogen) atoms. The van der Waals surface area contributed by atoms with Gasteiger partial charge in [0.25, 0.3) is 11.2 Å². The normalized spacial score (nSPS) is 23.1. The zero-order chi connectivity index (χ0) is 22.1. The van der Waals surface area contributed by atoms with Gasteiger partial charge in [-0.15, -0.1) is 11.6 Å². The number of aromatic amines is 1. The minimum atomic E-state index is -4.65. The Morgan fingerprint density at radius 1 is 1.40 bits per heavy atom. The highest BCUT2D eigenvalue weighted by molar-refractivity contribution is 7.47. The van der Waals surface area contributed by atoms with E-state index in [2.05, 4.69) is 4.98 Å². The van der Waals surface area contributed by atoms with Crippen molar-refractivity contribution in [3.63, 3.8) is 0 Å². The number of non-ortho nitro benzene ring substituents is 1. The molecule has 4 atom stereocenters. The van der Waals surface area contributed by atoms with Gasteiger partial charge in [0.05, 0.1) is 10.8 Å². The Labute approximate surface area is 173 Å². The molecule has 0 radical (unpaired) electrons. The Morgan fingerprint density at radius 2 is 2.07 bits per heavy atom. The molecule has 12 nitrogen and oxygen atoms in total. The van der Waals surface area contributed by atoms with E-state index in [4.69, 9.17) is 25.4 Å². The fourth-order valence-corrected chi connectivity index (χ4v) is 4.14. The van der Waals surface area contributed by atoms with Crippen LogP contribution in [0.15, 0.2) is 40.1 Å². The smallest absolute Gasteiger partial charge is 0.404 e. The summed E-state index contributed by atoms with van der Waals surface area (Å²) in [6.07, 6.45) is -1.43. The third-order valence-corrected chi connectivity index (χ3v) is 5.61. The number of nitrogens with one attached hydrogen (secondary N) is 1. The summed E-state index contributed by atoms with van der Waals surface area (Å²) in [4.78, 5) is 45.9. The highest BCUT2D eigenvalue weighted by Gasteiger charge is 2.42. The minimum absolute atomic E-state index is 0.0169. The molecule has 2 N–H and O–H groups in total. The first-order chi connectivity index (χ1) is 14.1. The molecule has 1 aliphatic rings. The van der Waals surface area contributed by atoms with Crippen LogP contribution in [-0.2, 0) is 13.8 Å². The van der Waals surface area contributed by atoms with Crippen LogP contribution in [-0.4, -0.2) is 37.5 Å². The number of nitro groups is 1. The Morgan fingerprint density at radius 3 is 2.67 bits per heavy atom. The van der Waals surface area contributed by atoms with Crippen LogP contribution in [0.3, 0.4) is 0 Å². The summed E-state index contributed by atoms with van der Waals surface area (Å²) in [6, 6.07) is 4.52. The van der Waals surface area contributed by atoms with Gasteiger partial charge >= 0.3 is 13.5 Å². The molecule has 1 aromatic heterocycles. The average Bonchev–Trinajstić information content (AvgIpc) is 3.06. The highest BCUT2D eigenvalue weighted by atomic mass is 35.5. The Bertz CT molecular complexity index is 1100. The molecule has 1 saturated heterocycles. The molecule has 0 aliphatic carbocycles. The SMILES string of the molecule is Cc1cn([C@H]2C[C@H](OP(=O)(O)Oc3ccc([N+](=O)[O-])cc3)[C@@H](CCl)O2)c(=O)[nH]c1=O. The lowest BCUT2D eigenvalue weighted by Gasteiger charge is -2.19. The Balaban J connectivity index is 1.74. The van der Waals surface area contributed by atoms with Gasteiger partial charge < -0.3 is 9.26 Å². The molecule has 0 bridgehead atoms. The number of H-pyrrole nitrogens is 1. The van der Waals surface area contributed by atoms with Crippen molar-refractivity contribution in [3.8, 4) is 5.75 Å². The molecule has 2 heterocycles. The van der Waals surface area contributed by atoms with Crippen LogP contribution in [0.5, 0.6) is 5.75 Å². The van der Waals surface area contributed by atoms with E-state index in [1.807, 2.05) is 0 Å². The number of rotatable bonds is 7. The standard InChI is InChI=1S/C16H17ClN3O9P/c1-9-8-19(16(22)18-15(9)21)14-6-12(13(7-17)27-14)29-30(25,26)28-11-4-2-10(3-5-11)20(23)24/h2-5,8,12-14H,6-7H2,1H3,(H,25,26)(H,18,21,22)/t12-,13+,14+/m0/s1. The van der Waals surface area contributed by atoms with Crippen LogP contribution in [0, 0.1) is 17.0 Å². The number of nitro benzene ring substituents is 1. The number of nitrogens with zero attached hydrogens (tertiary/aromatic N) is 2. The van der Waals surface area contributed by atoms with Crippen molar-refractivity contribution in [3.05, 3.63) is 67.0 Å². The van der Waals surface area contributed by atoms with Crippen molar-refractivity contribution in [1.29, 1.82) is 0 Å². The topological polar surface area (TPSA) is 163 Å². The number of aryl methyl sites for hydroxylation is 1. The number of aromatic nitrogens is 2. The van der Waals surface area contributed by atoms with Gasteiger partial charge in [-0.05, 0) is 19.1 Å². The fraction of sp³-hybridized carbons (Fsp3) is 0.375. The molecule has 1 unspecified atom stereocenters. The van der Waals surface area contributed by atoms with Crippen molar-refractivity contribution in [2.45, 2.75) is 31.8 Å². The van der Waals surface area contributed by atoms with Gasteiger partial charge in [0.2, 0.25) is 0 Å².